The molecule has 2 aromatic heterocycles. The third-order valence-corrected chi connectivity index (χ3v) is 14.4. The lowest BCUT2D eigenvalue weighted by atomic mass is 9.80. The second kappa shape index (κ2) is 16.4. The molecule has 0 bridgehead atoms. The van der Waals surface area contributed by atoms with Gasteiger partial charge in [-0.25, -0.2) is 0 Å². The van der Waals surface area contributed by atoms with Crippen LogP contribution in [0.3, 0.4) is 0 Å². The van der Waals surface area contributed by atoms with Crippen molar-refractivity contribution in [1.29, 1.82) is 0 Å². The molecule has 12 aromatic rings. The molecule has 1 saturated carbocycles. The molecule has 1 aliphatic rings. The lowest BCUT2D eigenvalue weighted by Gasteiger charge is -2.29. The predicted molar refractivity (Wildman–Crippen MR) is 282 cm³/mol. The number of hydrogen-bond donors (Lipinski definition) is 0. The third kappa shape index (κ3) is 6.64. The normalized spacial score (nSPS) is 13.3. The van der Waals surface area contributed by atoms with E-state index in [1.807, 2.05) is 6.07 Å². The largest absolute Gasteiger partial charge is 0.455 e. The highest BCUT2D eigenvalue weighted by Crippen LogP contribution is 2.47. The Morgan fingerprint density at radius 2 is 0.985 bits per heavy atom. The molecule has 0 radical (unpaired) electrons. The molecule has 13 rings (SSSR count). The molecule has 0 aliphatic heterocycles. The molecular formula is C64H48N2O. The maximum absolute atomic E-state index is 6.52. The van der Waals surface area contributed by atoms with Crippen LogP contribution in [0.2, 0.25) is 0 Å². The number of aromatic nitrogens is 1. The van der Waals surface area contributed by atoms with Crippen molar-refractivity contribution in [3.8, 4) is 39.1 Å². The fourth-order valence-electron chi connectivity index (χ4n) is 11.3. The van der Waals surface area contributed by atoms with Crippen LogP contribution in [0.15, 0.2) is 229 Å². The topological polar surface area (TPSA) is 21.3 Å². The highest BCUT2D eigenvalue weighted by atomic mass is 16.3. The molecule has 3 heteroatoms. The molecule has 1 aliphatic carbocycles. The van der Waals surface area contributed by atoms with Crippen LogP contribution in [0.5, 0.6) is 0 Å². The zero-order valence-corrected chi connectivity index (χ0v) is 37.3. The number of nitrogens with zero attached hydrogens (tertiary/aromatic N) is 2. The van der Waals surface area contributed by atoms with E-state index < -0.39 is 0 Å². The van der Waals surface area contributed by atoms with Crippen LogP contribution in [-0.2, 0) is 0 Å². The quantitative estimate of drug-likeness (QED) is 0.152. The highest BCUT2D eigenvalue weighted by molar-refractivity contribution is 6.16. The van der Waals surface area contributed by atoms with E-state index in [0.717, 1.165) is 55.8 Å². The van der Waals surface area contributed by atoms with Gasteiger partial charge in [0.25, 0.3) is 0 Å². The van der Waals surface area contributed by atoms with Gasteiger partial charge in [0, 0.05) is 49.7 Å². The fourth-order valence-corrected chi connectivity index (χ4v) is 11.3. The Hall–Kier alpha value is -8.14. The Morgan fingerprint density at radius 3 is 1.79 bits per heavy atom. The second-order valence-corrected chi connectivity index (χ2v) is 18.2. The monoisotopic (exact) mass is 860 g/mol. The molecule has 3 nitrogen and oxygen atoms in total. The van der Waals surface area contributed by atoms with Crippen molar-refractivity contribution < 1.29 is 4.42 Å². The molecule has 0 amide bonds. The lowest BCUT2D eigenvalue weighted by molar-refractivity contribution is 0.445. The lowest BCUT2D eigenvalue weighted by Crippen LogP contribution is -2.11. The fraction of sp³-hybridized carbons (Fsp3) is 0.0938. The van der Waals surface area contributed by atoms with Crippen LogP contribution in [0, 0.1) is 0 Å². The zero-order valence-electron chi connectivity index (χ0n) is 37.3. The number of rotatable bonds is 8. The smallest absolute Gasteiger partial charge is 0.143 e. The van der Waals surface area contributed by atoms with E-state index in [2.05, 4.69) is 228 Å². The molecule has 0 saturated heterocycles. The van der Waals surface area contributed by atoms with Crippen LogP contribution in [-0.4, -0.2) is 4.57 Å². The average Bonchev–Trinajstić information content (AvgIpc) is 3.96. The van der Waals surface area contributed by atoms with E-state index in [9.17, 15) is 0 Å². The summed E-state index contributed by atoms with van der Waals surface area (Å²) < 4.78 is 8.91. The van der Waals surface area contributed by atoms with Crippen LogP contribution in [0.4, 0.5) is 17.1 Å². The van der Waals surface area contributed by atoms with Gasteiger partial charge in [-0.2, -0.15) is 0 Å². The molecule has 0 atom stereocenters. The van der Waals surface area contributed by atoms with E-state index in [1.54, 1.807) is 0 Å². The minimum absolute atomic E-state index is 0.573. The van der Waals surface area contributed by atoms with Gasteiger partial charge in [-0.3, -0.25) is 0 Å². The van der Waals surface area contributed by atoms with E-state index in [1.165, 1.54) is 92.5 Å². The Morgan fingerprint density at radius 1 is 0.403 bits per heavy atom. The first-order valence-corrected chi connectivity index (χ1v) is 23.9. The second-order valence-electron chi connectivity index (χ2n) is 18.2. The van der Waals surface area contributed by atoms with Crippen molar-refractivity contribution in [2.45, 2.75) is 38.0 Å². The van der Waals surface area contributed by atoms with Crippen molar-refractivity contribution in [2.24, 2.45) is 0 Å². The Balaban J connectivity index is 0.975. The SMILES string of the molecule is c1ccc(-n2c3ccccc3c3c(-c4ccc(N(c5ccc(-c6cccc7c6oc6ccccc67)cc5)c5ccccc5-c5cccc6cccc(C7CCCCC7)c56)cc4)cccc32)cc1. The summed E-state index contributed by atoms with van der Waals surface area (Å²) in [5.41, 5.74) is 17.3. The number of benzene rings is 10. The summed E-state index contributed by atoms with van der Waals surface area (Å²) in [5, 5.41) is 7.47. The van der Waals surface area contributed by atoms with Crippen molar-refractivity contribution >= 4 is 71.6 Å². The average molecular weight is 861 g/mol. The first-order chi connectivity index (χ1) is 33.3. The van der Waals surface area contributed by atoms with Crippen LogP contribution in [0.25, 0.3) is 93.6 Å². The molecule has 0 spiro atoms. The first-order valence-electron chi connectivity index (χ1n) is 23.9. The Labute approximate surface area is 390 Å². The summed E-state index contributed by atoms with van der Waals surface area (Å²) in [6, 6.07) is 82.2. The summed E-state index contributed by atoms with van der Waals surface area (Å²) in [7, 11) is 0. The molecule has 67 heavy (non-hydrogen) atoms. The minimum atomic E-state index is 0.573. The minimum Gasteiger partial charge on any atom is -0.455 e. The Kier molecular flexibility index (Phi) is 9.60. The van der Waals surface area contributed by atoms with E-state index in [0.29, 0.717) is 5.92 Å². The molecule has 10 aromatic carbocycles. The number of hydrogen-bond acceptors (Lipinski definition) is 2. The zero-order chi connectivity index (χ0) is 44.3. The van der Waals surface area contributed by atoms with Crippen molar-refractivity contribution in [3.63, 3.8) is 0 Å². The third-order valence-electron chi connectivity index (χ3n) is 14.4. The molecule has 320 valence electrons. The molecule has 0 unspecified atom stereocenters. The number of fused-ring (bicyclic) bond motifs is 7. The van der Waals surface area contributed by atoms with Crippen LogP contribution < -0.4 is 4.90 Å². The summed E-state index contributed by atoms with van der Waals surface area (Å²) in [6.07, 6.45) is 6.44. The summed E-state index contributed by atoms with van der Waals surface area (Å²) in [4.78, 5) is 2.45. The summed E-state index contributed by atoms with van der Waals surface area (Å²) in [5.74, 6) is 0.573. The summed E-state index contributed by atoms with van der Waals surface area (Å²) in [6.45, 7) is 0. The van der Waals surface area contributed by atoms with Crippen molar-refractivity contribution in [1.82, 2.24) is 4.57 Å². The Bertz CT molecular complexity index is 3770. The van der Waals surface area contributed by atoms with Crippen molar-refractivity contribution in [2.75, 3.05) is 4.90 Å². The number of anilines is 3. The maximum Gasteiger partial charge on any atom is 0.143 e. The van der Waals surface area contributed by atoms with Crippen molar-refractivity contribution in [3.05, 3.63) is 230 Å². The summed E-state index contributed by atoms with van der Waals surface area (Å²) >= 11 is 0. The van der Waals surface area contributed by atoms with Gasteiger partial charge in [0.15, 0.2) is 0 Å². The van der Waals surface area contributed by atoms with E-state index in [-0.39, 0.29) is 0 Å². The van der Waals surface area contributed by atoms with Gasteiger partial charge in [-0.05, 0) is 118 Å². The van der Waals surface area contributed by atoms with E-state index in [4.69, 9.17) is 4.42 Å². The first kappa shape index (κ1) is 39.2. The van der Waals surface area contributed by atoms with Crippen LogP contribution >= 0.6 is 0 Å². The number of para-hydroxylation sites is 5. The molecule has 0 N–H and O–H groups in total. The van der Waals surface area contributed by atoms with Gasteiger partial charge >= 0.3 is 0 Å². The van der Waals surface area contributed by atoms with Crippen LogP contribution in [0.1, 0.15) is 43.6 Å². The predicted octanol–water partition coefficient (Wildman–Crippen LogP) is 18.4. The standard InChI is InChI=1S/C64H48N2O/c1-3-17-43(18-4-1)50-26-13-19-46-20-14-29-55(62(46)50)53-23-7-10-31-58(53)65(49-41-37-45(38-42-49)52-28-15-30-56-54-24-9-12-34-61(54)67-64(52)56)48-39-35-44(36-40-48)51-27-16-33-60-63(51)57-25-8-11-32-59(57)66(60)47-21-5-2-6-22-47/h2,5-16,19-43H,1,3-4,17-18H2. The van der Waals surface area contributed by atoms with Gasteiger partial charge in [0.1, 0.15) is 11.2 Å². The maximum atomic E-state index is 6.52. The molecular weight excluding hydrogens is 813 g/mol. The van der Waals surface area contributed by atoms with Gasteiger partial charge in [0.05, 0.1) is 16.7 Å². The van der Waals surface area contributed by atoms with E-state index >= 15 is 0 Å². The van der Waals surface area contributed by atoms with Gasteiger partial charge in [0.2, 0.25) is 0 Å². The number of furan rings is 1. The van der Waals surface area contributed by atoms with Gasteiger partial charge in [-0.1, -0.05) is 183 Å². The molecule has 2 heterocycles. The van der Waals surface area contributed by atoms with Gasteiger partial charge < -0.3 is 13.9 Å². The van der Waals surface area contributed by atoms with Gasteiger partial charge in [-0.15, -0.1) is 0 Å². The molecule has 1 fully saturated rings. The highest BCUT2D eigenvalue weighted by Gasteiger charge is 2.24.